The van der Waals surface area contributed by atoms with E-state index in [0.717, 1.165) is 11.3 Å². The van der Waals surface area contributed by atoms with Gasteiger partial charge in [0.2, 0.25) is 0 Å². The van der Waals surface area contributed by atoms with Gasteiger partial charge in [0.05, 0.1) is 17.9 Å². The molecule has 2 rings (SSSR count). The van der Waals surface area contributed by atoms with Gasteiger partial charge in [0, 0.05) is 12.7 Å². The number of pyridine rings is 1. The largest absolute Gasteiger partial charge is 0.506 e. The second-order valence-corrected chi connectivity index (χ2v) is 3.68. The van der Waals surface area contributed by atoms with Crippen LogP contribution in [-0.2, 0) is 13.1 Å². The third-order valence-corrected chi connectivity index (χ3v) is 2.55. The second-order valence-electron chi connectivity index (χ2n) is 3.68. The fraction of sp³-hybridized carbons (Fsp3) is 0.154. The molecule has 0 spiro atoms. The van der Waals surface area contributed by atoms with Crippen molar-refractivity contribution in [2.75, 3.05) is 5.32 Å². The van der Waals surface area contributed by atoms with Gasteiger partial charge in [-0.2, -0.15) is 0 Å². The highest BCUT2D eigenvalue weighted by molar-refractivity contribution is 5.55. The monoisotopic (exact) mass is 229 g/mol. The number of anilines is 1. The van der Waals surface area contributed by atoms with Crippen LogP contribution in [0, 0.1) is 0 Å². The van der Waals surface area contributed by atoms with Crippen LogP contribution in [0.2, 0.25) is 0 Å². The third-order valence-electron chi connectivity index (χ3n) is 2.55. The van der Waals surface area contributed by atoms with Gasteiger partial charge in [-0.05, 0) is 23.8 Å². The highest BCUT2D eigenvalue weighted by atomic mass is 16.3. The van der Waals surface area contributed by atoms with Crippen molar-refractivity contribution in [2.45, 2.75) is 13.1 Å². The lowest BCUT2D eigenvalue weighted by atomic mass is 10.2. The molecule has 4 nitrogen and oxygen atoms in total. The maximum Gasteiger partial charge on any atom is 0.138 e. The van der Waals surface area contributed by atoms with Gasteiger partial charge in [-0.3, -0.25) is 4.98 Å². The minimum absolute atomic E-state index is 0.234. The van der Waals surface area contributed by atoms with Crippen molar-refractivity contribution in [2.24, 2.45) is 5.73 Å². The van der Waals surface area contributed by atoms with Crippen LogP contribution in [0.25, 0.3) is 0 Å². The Morgan fingerprint density at radius 1 is 1.18 bits per heavy atom. The zero-order valence-corrected chi connectivity index (χ0v) is 9.43. The summed E-state index contributed by atoms with van der Waals surface area (Å²) in [4.78, 5) is 4.27. The van der Waals surface area contributed by atoms with E-state index < -0.39 is 0 Å². The molecule has 0 fully saturated rings. The first kappa shape index (κ1) is 11.4. The Hall–Kier alpha value is -2.07. The van der Waals surface area contributed by atoms with Gasteiger partial charge in [-0.15, -0.1) is 0 Å². The van der Waals surface area contributed by atoms with Crippen molar-refractivity contribution in [3.8, 4) is 5.75 Å². The number of para-hydroxylation sites is 2. The molecular weight excluding hydrogens is 214 g/mol. The van der Waals surface area contributed by atoms with E-state index in [4.69, 9.17) is 5.73 Å². The number of aromatic nitrogens is 1. The Balaban J connectivity index is 2.10. The van der Waals surface area contributed by atoms with E-state index in [2.05, 4.69) is 10.3 Å². The molecule has 4 heteroatoms. The topological polar surface area (TPSA) is 71.2 Å². The summed E-state index contributed by atoms with van der Waals surface area (Å²) in [6.45, 7) is 1.01. The van der Waals surface area contributed by atoms with E-state index in [0.29, 0.717) is 18.8 Å². The van der Waals surface area contributed by atoms with Crippen molar-refractivity contribution in [1.82, 2.24) is 4.98 Å². The van der Waals surface area contributed by atoms with Gasteiger partial charge in [0.15, 0.2) is 0 Å². The summed E-state index contributed by atoms with van der Waals surface area (Å²) in [7, 11) is 0. The zero-order valence-electron chi connectivity index (χ0n) is 9.43. The number of phenolic OH excluding ortho intramolecular Hbond substituents is 1. The average molecular weight is 229 g/mol. The quantitative estimate of drug-likeness (QED) is 0.700. The van der Waals surface area contributed by atoms with Crippen LogP contribution in [0.1, 0.15) is 11.3 Å². The summed E-state index contributed by atoms with van der Waals surface area (Å²) in [5.74, 6) is 0.234. The van der Waals surface area contributed by atoms with Gasteiger partial charge < -0.3 is 16.2 Å². The summed E-state index contributed by atoms with van der Waals surface area (Å²) in [6.07, 6.45) is 1.74. The van der Waals surface area contributed by atoms with Crippen molar-refractivity contribution >= 4 is 5.69 Å². The normalized spacial score (nSPS) is 10.2. The van der Waals surface area contributed by atoms with Crippen LogP contribution >= 0.6 is 0 Å². The molecule has 0 unspecified atom stereocenters. The molecule has 0 amide bonds. The fourth-order valence-electron chi connectivity index (χ4n) is 1.62. The molecule has 1 aromatic carbocycles. The average Bonchev–Trinajstić information content (AvgIpc) is 2.38. The molecule has 0 aliphatic heterocycles. The van der Waals surface area contributed by atoms with E-state index in [1.54, 1.807) is 18.3 Å². The Bertz CT molecular complexity index is 500. The lowest BCUT2D eigenvalue weighted by molar-refractivity contribution is 0.477. The van der Waals surface area contributed by atoms with Crippen LogP contribution in [0.15, 0.2) is 42.6 Å². The number of hydrogen-bond acceptors (Lipinski definition) is 4. The Kier molecular flexibility index (Phi) is 3.57. The highest BCUT2D eigenvalue weighted by Gasteiger charge is 2.03. The molecule has 0 bridgehead atoms. The molecule has 17 heavy (non-hydrogen) atoms. The lowest BCUT2D eigenvalue weighted by Crippen LogP contribution is -2.08. The molecule has 0 aliphatic rings. The number of hydrogen-bond donors (Lipinski definition) is 3. The summed E-state index contributed by atoms with van der Waals surface area (Å²) in [5.41, 5.74) is 8.24. The minimum atomic E-state index is 0.234. The van der Waals surface area contributed by atoms with Gasteiger partial charge in [0.25, 0.3) is 0 Å². The van der Waals surface area contributed by atoms with Gasteiger partial charge in [-0.1, -0.05) is 18.2 Å². The number of benzene rings is 1. The molecule has 0 atom stereocenters. The van der Waals surface area contributed by atoms with Gasteiger partial charge in [-0.25, -0.2) is 0 Å². The smallest absolute Gasteiger partial charge is 0.138 e. The molecule has 0 aliphatic carbocycles. The molecule has 0 saturated heterocycles. The number of rotatable bonds is 4. The number of aromatic hydroxyl groups is 1. The number of nitrogens with zero attached hydrogens (tertiary/aromatic N) is 1. The predicted octanol–water partition coefficient (Wildman–Crippen LogP) is 1.86. The standard InChI is InChI=1S/C13H15N3O/c14-8-10-4-3-7-15-12(10)9-16-11-5-1-2-6-13(11)17/h1-7,16-17H,8-9,14H2. The summed E-state index contributed by atoms with van der Waals surface area (Å²) in [6, 6.07) is 10.9. The fourth-order valence-corrected chi connectivity index (χ4v) is 1.62. The van der Waals surface area contributed by atoms with Crippen molar-refractivity contribution in [3.05, 3.63) is 53.9 Å². The maximum absolute atomic E-state index is 9.61. The Labute approximate surface area is 100 Å². The number of nitrogens with two attached hydrogens (primary N) is 1. The highest BCUT2D eigenvalue weighted by Crippen LogP contribution is 2.22. The SMILES string of the molecule is NCc1cccnc1CNc1ccccc1O. The number of phenols is 1. The summed E-state index contributed by atoms with van der Waals surface area (Å²) in [5, 5.41) is 12.7. The van der Waals surface area contributed by atoms with Gasteiger partial charge in [0.1, 0.15) is 5.75 Å². The van der Waals surface area contributed by atoms with E-state index in [1.165, 1.54) is 0 Å². The zero-order chi connectivity index (χ0) is 12.1. The van der Waals surface area contributed by atoms with E-state index in [-0.39, 0.29) is 5.75 Å². The minimum Gasteiger partial charge on any atom is -0.506 e. The van der Waals surface area contributed by atoms with E-state index in [1.807, 2.05) is 24.3 Å². The van der Waals surface area contributed by atoms with Crippen molar-refractivity contribution < 1.29 is 5.11 Å². The Morgan fingerprint density at radius 2 is 2.00 bits per heavy atom. The summed E-state index contributed by atoms with van der Waals surface area (Å²) < 4.78 is 0. The first-order chi connectivity index (χ1) is 8.31. The molecular formula is C13H15N3O. The van der Waals surface area contributed by atoms with Gasteiger partial charge >= 0.3 is 0 Å². The third kappa shape index (κ3) is 2.73. The van der Waals surface area contributed by atoms with E-state index in [9.17, 15) is 5.11 Å². The molecule has 88 valence electrons. The molecule has 2 aromatic rings. The van der Waals surface area contributed by atoms with Crippen LogP contribution < -0.4 is 11.1 Å². The summed E-state index contributed by atoms with van der Waals surface area (Å²) >= 11 is 0. The van der Waals surface area contributed by atoms with Crippen LogP contribution in [0.4, 0.5) is 5.69 Å². The lowest BCUT2D eigenvalue weighted by Gasteiger charge is -2.10. The Morgan fingerprint density at radius 3 is 2.76 bits per heavy atom. The second kappa shape index (κ2) is 5.32. The van der Waals surface area contributed by atoms with Crippen molar-refractivity contribution in [1.29, 1.82) is 0 Å². The van der Waals surface area contributed by atoms with E-state index >= 15 is 0 Å². The maximum atomic E-state index is 9.61. The molecule has 0 saturated carbocycles. The molecule has 1 aromatic heterocycles. The van der Waals surface area contributed by atoms with Crippen molar-refractivity contribution in [3.63, 3.8) is 0 Å². The molecule has 4 N–H and O–H groups in total. The molecule has 1 heterocycles. The van der Waals surface area contributed by atoms with Crippen LogP contribution in [0.3, 0.4) is 0 Å². The van der Waals surface area contributed by atoms with Crippen LogP contribution in [-0.4, -0.2) is 10.1 Å². The van der Waals surface area contributed by atoms with Crippen LogP contribution in [0.5, 0.6) is 5.75 Å². The molecule has 0 radical (unpaired) electrons. The first-order valence-electron chi connectivity index (χ1n) is 5.46. The predicted molar refractivity (Wildman–Crippen MR) is 67.6 cm³/mol. The number of nitrogens with one attached hydrogen (secondary N) is 1. The first-order valence-corrected chi connectivity index (χ1v) is 5.46.